The Morgan fingerprint density at radius 3 is 2.47 bits per heavy atom. The SMILES string of the molecule is CCNCC1(CCCS(C)(=O)=O)CCOCC1. The molecule has 102 valence electrons. The van der Waals surface area contributed by atoms with Gasteiger partial charge in [-0.05, 0) is 37.6 Å². The third-order valence-electron chi connectivity index (χ3n) is 3.53. The molecule has 0 aromatic carbocycles. The summed E-state index contributed by atoms with van der Waals surface area (Å²) in [5.74, 6) is 0.307. The molecule has 1 rings (SSSR count). The van der Waals surface area contributed by atoms with E-state index in [1.54, 1.807) is 0 Å². The molecule has 1 heterocycles. The minimum absolute atomic E-state index is 0.249. The zero-order chi connectivity index (χ0) is 12.8. The minimum atomic E-state index is -2.82. The first kappa shape index (κ1) is 14.9. The Morgan fingerprint density at radius 1 is 1.29 bits per heavy atom. The number of hydrogen-bond donors (Lipinski definition) is 1. The Hall–Kier alpha value is -0.130. The molecule has 0 radical (unpaired) electrons. The van der Waals surface area contributed by atoms with E-state index >= 15 is 0 Å². The maximum atomic E-state index is 11.2. The van der Waals surface area contributed by atoms with Crippen molar-refractivity contribution in [3.63, 3.8) is 0 Å². The molecule has 0 saturated carbocycles. The van der Waals surface area contributed by atoms with E-state index in [4.69, 9.17) is 4.74 Å². The summed E-state index contributed by atoms with van der Waals surface area (Å²) in [5.41, 5.74) is 0.249. The molecule has 4 nitrogen and oxygen atoms in total. The third-order valence-corrected chi connectivity index (χ3v) is 4.56. The monoisotopic (exact) mass is 263 g/mol. The zero-order valence-corrected chi connectivity index (χ0v) is 11.8. The van der Waals surface area contributed by atoms with E-state index in [0.717, 1.165) is 52.0 Å². The summed E-state index contributed by atoms with van der Waals surface area (Å²) >= 11 is 0. The van der Waals surface area contributed by atoms with Crippen LogP contribution in [0.2, 0.25) is 0 Å². The number of rotatable bonds is 7. The van der Waals surface area contributed by atoms with Gasteiger partial charge in [0.15, 0.2) is 0 Å². The van der Waals surface area contributed by atoms with Crippen molar-refractivity contribution in [3.8, 4) is 0 Å². The van der Waals surface area contributed by atoms with Crippen molar-refractivity contribution in [2.45, 2.75) is 32.6 Å². The molecule has 1 aliphatic rings. The molecule has 0 aromatic rings. The van der Waals surface area contributed by atoms with Gasteiger partial charge in [-0.15, -0.1) is 0 Å². The van der Waals surface area contributed by atoms with E-state index in [1.165, 1.54) is 6.26 Å². The summed E-state index contributed by atoms with van der Waals surface area (Å²) in [5, 5.41) is 3.40. The number of ether oxygens (including phenoxy) is 1. The lowest BCUT2D eigenvalue weighted by Crippen LogP contribution is -2.39. The lowest BCUT2D eigenvalue weighted by atomic mass is 9.76. The fourth-order valence-electron chi connectivity index (χ4n) is 2.42. The Morgan fingerprint density at radius 2 is 1.94 bits per heavy atom. The van der Waals surface area contributed by atoms with E-state index in [9.17, 15) is 8.42 Å². The summed E-state index contributed by atoms with van der Waals surface area (Å²) in [6.07, 6.45) is 5.15. The van der Waals surface area contributed by atoms with Crippen molar-refractivity contribution in [2.75, 3.05) is 38.3 Å². The third kappa shape index (κ3) is 5.84. The van der Waals surface area contributed by atoms with E-state index in [1.807, 2.05) is 0 Å². The maximum absolute atomic E-state index is 11.2. The molecule has 0 aliphatic carbocycles. The molecule has 1 aliphatic heterocycles. The molecule has 1 N–H and O–H groups in total. The normalized spacial score (nSPS) is 20.4. The second kappa shape index (κ2) is 6.71. The van der Waals surface area contributed by atoms with Crippen molar-refractivity contribution in [1.82, 2.24) is 5.32 Å². The van der Waals surface area contributed by atoms with Crippen LogP contribution in [-0.4, -0.2) is 46.7 Å². The van der Waals surface area contributed by atoms with Crippen molar-refractivity contribution in [1.29, 1.82) is 0 Å². The molecule has 0 amide bonds. The Balaban J connectivity index is 2.45. The molecular formula is C12H25NO3S. The molecular weight excluding hydrogens is 238 g/mol. The molecule has 1 saturated heterocycles. The van der Waals surface area contributed by atoms with E-state index in [0.29, 0.717) is 5.75 Å². The molecule has 0 spiro atoms. The van der Waals surface area contributed by atoms with Crippen LogP contribution in [0.15, 0.2) is 0 Å². The highest BCUT2D eigenvalue weighted by Gasteiger charge is 2.31. The Bertz CT molecular complexity index is 308. The average Bonchev–Trinajstić information content (AvgIpc) is 2.26. The van der Waals surface area contributed by atoms with Gasteiger partial charge < -0.3 is 10.1 Å². The van der Waals surface area contributed by atoms with Crippen molar-refractivity contribution >= 4 is 9.84 Å². The van der Waals surface area contributed by atoms with E-state index < -0.39 is 9.84 Å². The van der Waals surface area contributed by atoms with E-state index in [-0.39, 0.29) is 5.41 Å². The first-order valence-corrected chi connectivity index (χ1v) is 8.50. The number of hydrogen-bond acceptors (Lipinski definition) is 4. The maximum Gasteiger partial charge on any atom is 0.147 e. The van der Waals surface area contributed by atoms with Crippen molar-refractivity contribution in [3.05, 3.63) is 0 Å². The largest absolute Gasteiger partial charge is 0.381 e. The highest BCUT2D eigenvalue weighted by molar-refractivity contribution is 7.90. The number of sulfone groups is 1. The van der Waals surface area contributed by atoms with Crippen LogP contribution in [0, 0.1) is 5.41 Å². The average molecular weight is 263 g/mol. The standard InChI is InChI=1S/C12H25NO3S/c1-3-13-11-12(6-8-16-9-7-12)5-4-10-17(2,14)15/h13H,3-11H2,1-2H3. The predicted octanol–water partition coefficient (Wildman–Crippen LogP) is 1.22. The predicted molar refractivity (Wildman–Crippen MR) is 70.0 cm³/mol. The van der Waals surface area contributed by atoms with Crippen LogP contribution in [0.4, 0.5) is 0 Å². The van der Waals surface area contributed by atoms with Gasteiger partial charge in [0, 0.05) is 31.8 Å². The van der Waals surface area contributed by atoms with Gasteiger partial charge in [-0.2, -0.15) is 0 Å². The fourth-order valence-corrected chi connectivity index (χ4v) is 3.09. The molecule has 17 heavy (non-hydrogen) atoms. The molecule has 0 atom stereocenters. The zero-order valence-electron chi connectivity index (χ0n) is 11.0. The second-order valence-electron chi connectivity index (χ2n) is 5.13. The molecule has 0 unspecified atom stereocenters. The lowest BCUT2D eigenvalue weighted by molar-refractivity contribution is 0.0104. The van der Waals surface area contributed by atoms with Crippen molar-refractivity contribution in [2.24, 2.45) is 5.41 Å². The highest BCUT2D eigenvalue weighted by atomic mass is 32.2. The van der Waals surface area contributed by atoms with Gasteiger partial charge in [0.1, 0.15) is 9.84 Å². The summed E-state index contributed by atoms with van der Waals surface area (Å²) in [4.78, 5) is 0. The van der Waals surface area contributed by atoms with Crippen LogP contribution >= 0.6 is 0 Å². The number of nitrogens with one attached hydrogen (secondary N) is 1. The first-order valence-electron chi connectivity index (χ1n) is 6.44. The van der Waals surface area contributed by atoms with Crippen LogP contribution in [0.1, 0.15) is 32.6 Å². The summed E-state index contributed by atoms with van der Waals surface area (Å²) in [6, 6.07) is 0. The fraction of sp³-hybridized carbons (Fsp3) is 1.00. The Kier molecular flexibility index (Phi) is 5.89. The molecule has 0 bridgehead atoms. The second-order valence-corrected chi connectivity index (χ2v) is 7.39. The molecule has 0 aromatic heterocycles. The molecule has 1 fully saturated rings. The van der Waals surface area contributed by atoms with Gasteiger partial charge in [-0.25, -0.2) is 8.42 Å². The van der Waals surface area contributed by atoms with Gasteiger partial charge >= 0.3 is 0 Å². The van der Waals surface area contributed by atoms with Crippen LogP contribution in [-0.2, 0) is 14.6 Å². The molecule has 5 heteroatoms. The smallest absolute Gasteiger partial charge is 0.147 e. The summed E-state index contributed by atoms with van der Waals surface area (Å²) in [7, 11) is -2.82. The Labute approximate surface area is 105 Å². The van der Waals surface area contributed by atoms with Gasteiger partial charge in [0.2, 0.25) is 0 Å². The van der Waals surface area contributed by atoms with Crippen LogP contribution in [0.25, 0.3) is 0 Å². The summed E-state index contributed by atoms with van der Waals surface area (Å²) in [6.45, 7) is 5.67. The van der Waals surface area contributed by atoms with Crippen LogP contribution in [0.5, 0.6) is 0 Å². The van der Waals surface area contributed by atoms with Gasteiger partial charge in [-0.3, -0.25) is 0 Å². The lowest BCUT2D eigenvalue weighted by Gasteiger charge is -2.37. The minimum Gasteiger partial charge on any atom is -0.381 e. The first-order chi connectivity index (χ1) is 7.97. The highest BCUT2D eigenvalue weighted by Crippen LogP contribution is 2.34. The van der Waals surface area contributed by atoms with Crippen LogP contribution < -0.4 is 5.32 Å². The van der Waals surface area contributed by atoms with Crippen LogP contribution in [0.3, 0.4) is 0 Å². The quantitative estimate of drug-likeness (QED) is 0.750. The van der Waals surface area contributed by atoms with Gasteiger partial charge in [-0.1, -0.05) is 6.92 Å². The van der Waals surface area contributed by atoms with E-state index in [2.05, 4.69) is 12.2 Å². The topological polar surface area (TPSA) is 55.4 Å². The van der Waals surface area contributed by atoms with Crippen molar-refractivity contribution < 1.29 is 13.2 Å². The van der Waals surface area contributed by atoms with Gasteiger partial charge in [0.05, 0.1) is 0 Å². The van der Waals surface area contributed by atoms with Gasteiger partial charge in [0.25, 0.3) is 0 Å². The summed E-state index contributed by atoms with van der Waals surface area (Å²) < 4.78 is 27.7.